The molecular formula is C23H26N4O2. The van der Waals surface area contributed by atoms with Gasteiger partial charge >= 0.3 is 0 Å². The van der Waals surface area contributed by atoms with Gasteiger partial charge in [0.2, 0.25) is 0 Å². The quantitative estimate of drug-likeness (QED) is 0.627. The average molecular weight is 390 g/mol. The first kappa shape index (κ1) is 20.3. The van der Waals surface area contributed by atoms with Gasteiger partial charge in [-0.25, -0.2) is 9.97 Å². The lowest BCUT2D eigenvalue weighted by Gasteiger charge is -2.21. The van der Waals surface area contributed by atoms with E-state index in [4.69, 9.17) is 4.74 Å². The van der Waals surface area contributed by atoms with Crippen molar-refractivity contribution in [1.82, 2.24) is 9.97 Å². The molecule has 150 valence electrons. The van der Waals surface area contributed by atoms with Gasteiger partial charge in [0.15, 0.2) is 0 Å². The van der Waals surface area contributed by atoms with Crippen LogP contribution in [-0.2, 0) is 6.42 Å². The minimum absolute atomic E-state index is 0.137. The number of carbonyl (C=O) groups excluding carboxylic acids is 1. The molecule has 1 aromatic heterocycles. The van der Waals surface area contributed by atoms with Crippen LogP contribution in [0.5, 0.6) is 5.75 Å². The molecule has 3 aromatic rings. The molecule has 1 heterocycles. The smallest absolute Gasteiger partial charge is 0.277 e. The van der Waals surface area contributed by atoms with E-state index in [-0.39, 0.29) is 5.91 Å². The Hall–Kier alpha value is -3.41. The highest BCUT2D eigenvalue weighted by atomic mass is 16.5. The number of rotatable bonds is 8. The SMILES string of the molecule is CCN(C(=O)c1cc(NCCc2ccc(OC)cc2)nc(C)n1)c1ccccc1. The zero-order valence-corrected chi connectivity index (χ0v) is 17.1. The van der Waals surface area contributed by atoms with Gasteiger partial charge in [0.05, 0.1) is 7.11 Å². The molecule has 6 heteroatoms. The Kier molecular flexibility index (Phi) is 6.79. The summed E-state index contributed by atoms with van der Waals surface area (Å²) in [5.41, 5.74) is 2.43. The van der Waals surface area contributed by atoms with Crippen LogP contribution in [0.4, 0.5) is 11.5 Å². The zero-order chi connectivity index (χ0) is 20.6. The number of hydrogen-bond donors (Lipinski definition) is 1. The number of hydrogen-bond acceptors (Lipinski definition) is 5. The Labute approximate surface area is 171 Å². The number of anilines is 2. The number of aromatic nitrogens is 2. The van der Waals surface area contributed by atoms with E-state index in [0.29, 0.717) is 30.4 Å². The van der Waals surface area contributed by atoms with Gasteiger partial charge in [-0.15, -0.1) is 0 Å². The summed E-state index contributed by atoms with van der Waals surface area (Å²) in [6.45, 7) is 5.01. The molecule has 0 aliphatic rings. The van der Waals surface area contributed by atoms with Gasteiger partial charge in [-0.3, -0.25) is 4.79 Å². The lowest BCUT2D eigenvalue weighted by molar-refractivity contribution is 0.0983. The summed E-state index contributed by atoms with van der Waals surface area (Å²) in [4.78, 5) is 23.5. The van der Waals surface area contributed by atoms with Crippen molar-refractivity contribution in [1.29, 1.82) is 0 Å². The van der Waals surface area contributed by atoms with Crippen LogP contribution in [0.1, 0.15) is 28.8 Å². The molecule has 1 amide bonds. The van der Waals surface area contributed by atoms with E-state index in [1.807, 2.05) is 61.5 Å². The second-order valence-electron chi connectivity index (χ2n) is 6.60. The number of benzene rings is 2. The first-order chi connectivity index (χ1) is 14.1. The number of amides is 1. The summed E-state index contributed by atoms with van der Waals surface area (Å²) in [5.74, 6) is 1.92. The number of methoxy groups -OCH3 is 1. The maximum Gasteiger partial charge on any atom is 0.277 e. The predicted octanol–water partition coefficient (Wildman–Crippen LogP) is 4.11. The van der Waals surface area contributed by atoms with Gasteiger partial charge < -0.3 is 15.0 Å². The van der Waals surface area contributed by atoms with Gasteiger partial charge in [-0.1, -0.05) is 30.3 Å². The molecule has 0 atom stereocenters. The second kappa shape index (κ2) is 9.68. The molecule has 0 aliphatic carbocycles. The molecule has 0 saturated heterocycles. The van der Waals surface area contributed by atoms with Gasteiger partial charge in [-0.2, -0.15) is 0 Å². The molecule has 1 N–H and O–H groups in total. The normalized spacial score (nSPS) is 10.4. The fourth-order valence-corrected chi connectivity index (χ4v) is 3.08. The maximum atomic E-state index is 13.0. The molecule has 29 heavy (non-hydrogen) atoms. The third-order valence-corrected chi connectivity index (χ3v) is 4.57. The van der Waals surface area contributed by atoms with E-state index in [2.05, 4.69) is 15.3 Å². The second-order valence-corrected chi connectivity index (χ2v) is 6.60. The van der Waals surface area contributed by atoms with E-state index in [0.717, 1.165) is 17.9 Å². The zero-order valence-electron chi connectivity index (χ0n) is 17.1. The van der Waals surface area contributed by atoms with Crippen LogP contribution < -0.4 is 15.0 Å². The number of carbonyl (C=O) groups is 1. The third kappa shape index (κ3) is 5.31. The van der Waals surface area contributed by atoms with Crippen LogP contribution in [0, 0.1) is 6.92 Å². The molecule has 0 aliphatic heterocycles. The van der Waals surface area contributed by atoms with Crippen molar-refractivity contribution in [2.45, 2.75) is 20.3 Å². The first-order valence-electron chi connectivity index (χ1n) is 9.70. The van der Waals surface area contributed by atoms with E-state index in [9.17, 15) is 4.79 Å². The Morgan fingerprint density at radius 1 is 1.07 bits per heavy atom. The molecule has 6 nitrogen and oxygen atoms in total. The number of para-hydroxylation sites is 1. The topological polar surface area (TPSA) is 67.4 Å². The molecule has 0 saturated carbocycles. The third-order valence-electron chi connectivity index (χ3n) is 4.57. The highest BCUT2D eigenvalue weighted by Gasteiger charge is 2.18. The number of aryl methyl sites for hydroxylation is 1. The molecule has 3 rings (SSSR count). The molecule has 0 unspecified atom stereocenters. The Balaban J connectivity index is 1.69. The molecule has 0 radical (unpaired) electrons. The van der Waals surface area contributed by atoms with Crippen LogP contribution in [-0.4, -0.2) is 36.1 Å². The molecule has 0 bridgehead atoms. The minimum Gasteiger partial charge on any atom is -0.497 e. The lowest BCUT2D eigenvalue weighted by Crippen LogP contribution is -2.31. The average Bonchev–Trinajstić information content (AvgIpc) is 2.75. The summed E-state index contributed by atoms with van der Waals surface area (Å²) < 4.78 is 5.18. The molecule has 0 fully saturated rings. The summed E-state index contributed by atoms with van der Waals surface area (Å²) in [6, 6.07) is 19.3. The largest absolute Gasteiger partial charge is 0.497 e. The maximum absolute atomic E-state index is 13.0. The number of nitrogens with zero attached hydrogens (tertiary/aromatic N) is 3. The minimum atomic E-state index is -0.137. The van der Waals surface area contributed by atoms with Gasteiger partial charge in [-0.05, 0) is 50.1 Å². The van der Waals surface area contributed by atoms with Gasteiger partial charge in [0.25, 0.3) is 5.91 Å². The predicted molar refractivity (Wildman–Crippen MR) is 116 cm³/mol. The monoisotopic (exact) mass is 390 g/mol. The van der Waals surface area contributed by atoms with Crippen molar-refractivity contribution in [3.8, 4) is 5.75 Å². The van der Waals surface area contributed by atoms with Crippen molar-refractivity contribution in [2.24, 2.45) is 0 Å². The van der Waals surface area contributed by atoms with Crippen LogP contribution in [0.25, 0.3) is 0 Å². The highest BCUT2D eigenvalue weighted by Crippen LogP contribution is 2.17. The van der Waals surface area contributed by atoms with Crippen molar-refractivity contribution in [2.75, 3.05) is 30.4 Å². The number of ether oxygens (including phenoxy) is 1. The Morgan fingerprint density at radius 3 is 2.45 bits per heavy atom. The van der Waals surface area contributed by atoms with E-state index in [1.165, 1.54) is 5.56 Å². The summed E-state index contributed by atoms with van der Waals surface area (Å²) in [7, 11) is 1.66. The Bertz CT molecular complexity index is 943. The summed E-state index contributed by atoms with van der Waals surface area (Å²) >= 11 is 0. The highest BCUT2D eigenvalue weighted by molar-refractivity contribution is 6.05. The summed E-state index contributed by atoms with van der Waals surface area (Å²) in [5, 5.41) is 3.30. The fourth-order valence-electron chi connectivity index (χ4n) is 3.08. The summed E-state index contributed by atoms with van der Waals surface area (Å²) in [6.07, 6.45) is 0.835. The molecule has 0 spiro atoms. The van der Waals surface area contributed by atoms with E-state index >= 15 is 0 Å². The standard InChI is InChI=1S/C23H26N4O2/c1-4-27(19-8-6-5-7-9-19)23(28)21-16-22(26-17(2)25-21)24-15-14-18-10-12-20(29-3)13-11-18/h5-13,16H,4,14-15H2,1-3H3,(H,24,25,26). The Morgan fingerprint density at radius 2 is 1.79 bits per heavy atom. The van der Waals surface area contributed by atoms with Crippen molar-refractivity contribution in [3.05, 3.63) is 77.7 Å². The molecule has 2 aromatic carbocycles. The van der Waals surface area contributed by atoms with Crippen molar-refractivity contribution in [3.63, 3.8) is 0 Å². The first-order valence-corrected chi connectivity index (χ1v) is 9.70. The fraction of sp³-hybridized carbons (Fsp3) is 0.261. The van der Waals surface area contributed by atoms with Crippen LogP contribution in [0.2, 0.25) is 0 Å². The van der Waals surface area contributed by atoms with Gasteiger partial charge in [0.1, 0.15) is 23.1 Å². The molecular weight excluding hydrogens is 364 g/mol. The van der Waals surface area contributed by atoms with Crippen molar-refractivity contribution >= 4 is 17.4 Å². The van der Waals surface area contributed by atoms with Gasteiger partial charge in [0, 0.05) is 24.8 Å². The van der Waals surface area contributed by atoms with Crippen LogP contribution in [0.3, 0.4) is 0 Å². The van der Waals surface area contributed by atoms with Crippen LogP contribution >= 0.6 is 0 Å². The lowest BCUT2D eigenvalue weighted by atomic mass is 10.1. The van der Waals surface area contributed by atoms with E-state index < -0.39 is 0 Å². The van der Waals surface area contributed by atoms with Crippen molar-refractivity contribution < 1.29 is 9.53 Å². The van der Waals surface area contributed by atoms with E-state index in [1.54, 1.807) is 25.0 Å². The number of nitrogens with one attached hydrogen (secondary N) is 1. The van der Waals surface area contributed by atoms with Crippen LogP contribution in [0.15, 0.2) is 60.7 Å².